The average molecular weight is 252 g/mol. The predicted molar refractivity (Wildman–Crippen MR) is 76.6 cm³/mol. The van der Waals surface area contributed by atoms with E-state index < -0.39 is 0 Å². The standard InChI is InChI=1S/C13H20N2OS/c1-9-6-5-7-12(11(9)3)15-13(17)14-8-10(2)16-4/h5-7,10H,8H2,1-4H3,(H2,14,15,17). The molecule has 0 aromatic heterocycles. The Morgan fingerprint density at radius 2 is 2.12 bits per heavy atom. The van der Waals surface area contributed by atoms with Gasteiger partial charge in [-0.1, -0.05) is 12.1 Å². The van der Waals surface area contributed by atoms with Gasteiger partial charge in [-0.25, -0.2) is 0 Å². The van der Waals surface area contributed by atoms with E-state index in [0.29, 0.717) is 11.7 Å². The van der Waals surface area contributed by atoms with Crippen molar-refractivity contribution in [1.82, 2.24) is 5.32 Å². The van der Waals surface area contributed by atoms with Crippen molar-refractivity contribution in [3.63, 3.8) is 0 Å². The SMILES string of the molecule is COC(C)CNC(=S)Nc1cccc(C)c1C. The molecule has 1 aromatic carbocycles. The van der Waals surface area contributed by atoms with E-state index in [1.165, 1.54) is 11.1 Å². The third-order valence-electron chi connectivity index (χ3n) is 2.81. The van der Waals surface area contributed by atoms with Crippen molar-refractivity contribution in [2.75, 3.05) is 19.0 Å². The number of anilines is 1. The minimum Gasteiger partial charge on any atom is -0.380 e. The molecule has 0 aliphatic rings. The summed E-state index contributed by atoms with van der Waals surface area (Å²) in [5.41, 5.74) is 3.52. The third-order valence-corrected chi connectivity index (χ3v) is 3.05. The van der Waals surface area contributed by atoms with Crippen molar-refractivity contribution in [1.29, 1.82) is 0 Å². The van der Waals surface area contributed by atoms with Crippen molar-refractivity contribution < 1.29 is 4.74 Å². The van der Waals surface area contributed by atoms with Crippen LogP contribution < -0.4 is 10.6 Å². The number of hydrogen-bond donors (Lipinski definition) is 2. The second-order valence-electron chi connectivity index (χ2n) is 4.13. The Bertz CT molecular complexity index is 393. The highest BCUT2D eigenvalue weighted by molar-refractivity contribution is 7.80. The number of methoxy groups -OCH3 is 1. The summed E-state index contributed by atoms with van der Waals surface area (Å²) in [4.78, 5) is 0. The number of benzene rings is 1. The first-order valence-corrected chi connectivity index (χ1v) is 6.09. The van der Waals surface area contributed by atoms with Gasteiger partial charge in [0.15, 0.2) is 5.11 Å². The van der Waals surface area contributed by atoms with E-state index in [4.69, 9.17) is 17.0 Å². The molecule has 0 heterocycles. The minimum absolute atomic E-state index is 0.147. The second kappa shape index (κ2) is 6.57. The van der Waals surface area contributed by atoms with Crippen molar-refractivity contribution in [2.45, 2.75) is 26.9 Å². The second-order valence-corrected chi connectivity index (χ2v) is 4.54. The van der Waals surface area contributed by atoms with Crippen LogP contribution in [0.3, 0.4) is 0 Å². The monoisotopic (exact) mass is 252 g/mol. The van der Waals surface area contributed by atoms with Crippen LogP contribution in [-0.4, -0.2) is 24.9 Å². The number of nitrogens with one attached hydrogen (secondary N) is 2. The molecular weight excluding hydrogens is 232 g/mol. The van der Waals surface area contributed by atoms with Gasteiger partial charge in [0.05, 0.1) is 6.10 Å². The first-order chi connectivity index (χ1) is 8.04. The lowest BCUT2D eigenvalue weighted by atomic mass is 10.1. The number of hydrogen-bond acceptors (Lipinski definition) is 2. The van der Waals surface area contributed by atoms with Crippen LogP contribution in [0.25, 0.3) is 0 Å². The van der Waals surface area contributed by atoms with Gasteiger partial charge < -0.3 is 15.4 Å². The molecule has 0 saturated carbocycles. The molecule has 0 saturated heterocycles. The summed E-state index contributed by atoms with van der Waals surface area (Å²) in [6.45, 7) is 6.86. The Hall–Kier alpha value is -1.13. The van der Waals surface area contributed by atoms with Gasteiger partial charge in [0.2, 0.25) is 0 Å². The molecule has 17 heavy (non-hydrogen) atoms. The van der Waals surface area contributed by atoms with E-state index in [0.717, 1.165) is 5.69 Å². The molecule has 0 fully saturated rings. The fourth-order valence-corrected chi connectivity index (χ4v) is 1.57. The van der Waals surface area contributed by atoms with Crippen LogP contribution in [0.5, 0.6) is 0 Å². The van der Waals surface area contributed by atoms with Crippen LogP contribution in [0.4, 0.5) is 5.69 Å². The highest BCUT2D eigenvalue weighted by Crippen LogP contribution is 2.17. The maximum atomic E-state index is 5.23. The van der Waals surface area contributed by atoms with Crippen LogP contribution in [-0.2, 0) is 4.74 Å². The third kappa shape index (κ3) is 4.32. The van der Waals surface area contributed by atoms with Gasteiger partial charge in [-0.15, -0.1) is 0 Å². The largest absolute Gasteiger partial charge is 0.380 e. The maximum Gasteiger partial charge on any atom is 0.170 e. The normalized spacial score (nSPS) is 12.0. The number of thiocarbonyl (C=S) groups is 1. The number of ether oxygens (including phenoxy) is 1. The van der Waals surface area contributed by atoms with Gasteiger partial charge in [-0.3, -0.25) is 0 Å². The van der Waals surface area contributed by atoms with Crippen LogP contribution in [0, 0.1) is 13.8 Å². The lowest BCUT2D eigenvalue weighted by Crippen LogP contribution is -2.34. The fraction of sp³-hybridized carbons (Fsp3) is 0.462. The quantitative estimate of drug-likeness (QED) is 0.807. The predicted octanol–water partition coefficient (Wildman–Crippen LogP) is 2.62. The molecule has 0 bridgehead atoms. The Morgan fingerprint density at radius 3 is 2.76 bits per heavy atom. The molecule has 0 aliphatic carbocycles. The van der Waals surface area contributed by atoms with Crippen molar-refractivity contribution in [3.8, 4) is 0 Å². The Morgan fingerprint density at radius 1 is 1.41 bits per heavy atom. The molecule has 1 rings (SSSR count). The molecule has 0 spiro atoms. The van der Waals surface area contributed by atoms with Crippen LogP contribution in [0.15, 0.2) is 18.2 Å². The van der Waals surface area contributed by atoms with E-state index in [2.05, 4.69) is 30.5 Å². The molecule has 3 nitrogen and oxygen atoms in total. The molecule has 4 heteroatoms. The lowest BCUT2D eigenvalue weighted by molar-refractivity contribution is 0.121. The zero-order valence-electron chi connectivity index (χ0n) is 10.8. The zero-order valence-corrected chi connectivity index (χ0v) is 11.6. The fourth-order valence-electron chi connectivity index (χ4n) is 1.37. The van der Waals surface area contributed by atoms with Gasteiger partial charge in [-0.2, -0.15) is 0 Å². The summed E-state index contributed by atoms with van der Waals surface area (Å²) in [5, 5.41) is 6.95. The minimum atomic E-state index is 0.147. The van der Waals surface area contributed by atoms with Gasteiger partial charge in [0, 0.05) is 19.3 Å². The molecule has 94 valence electrons. The molecule has 0 aliphatic heterocycles. The van der Waals surface area contributed by atoms with E-state index in [9.17, 15) is 0 Å². The van der Waals surface area contributed by atoms with Crippen molar-refractivity contribution in [3.05, 3.63) is 29.3 Å². The Kier molecular flexibility index (Phi) is 5.38. The van der Waals surface area contributed by atoms with Crippen LogP contribution in [0.1, 0.15) is 18.1 Å². The molecule has 1 unspecified atom stereocenters. The summed E-state index contributed by atoms with van der Waals surface area (Å²) in [6.07, 6.45) is 0.147. The average Bonchev–Trinajstić information content (AvgIpc) is 2.32. The van der Waals surface area contributed by atoms with E-state index in [1.54, 1.807) is 7.11 Å². The topological polar surface area (TPSA) is 33.3 Å². The molecule has 1 aromatic rings. The highest BCUT2D eigenvalue weighted by atomic mass is 32.1. The highest BCUT2D eigenvalue weighted by Gasteiger charge is 2.04. The van der Waals surface area contributed by atoms with E-state index in [1.807, 2.05) is 19.1 Å². The first-order valence-electron chi connectivity index (χ1n) is 5.68. The summed E-state index contributed by atoms with van der Waals surface area (Å²) < 4.78 is 5.14. The van der Waals surface area contributed by atoms with Crippen LogP contribution in [0.2, 0.25) is 0 Å². The number of rotatable bonds is 4. The Balaban J connectivity index is 2.54. The van der Waals surface area contributed by atoms with E-state index >= 15 is 0 Å². The molecule has 0 amide bonds. The first kappa shape index (κ1) is 13.9. The summed E-state index contributed by atoms with van der Waals surface area (Å²) >= 11 is 5.23. The van der Waals surface area contributed by atoms with Gasteiger partial charge in [-0.05, 0) is 50.2 Å². The maximum absolute atomic E-state index is 5.23. The number of aryl methyl sites for hydroxylation is 1. The molecular formula is C13H20N2OS. The molecule has 2 N–H and O–H groups in total. The van der Waals surface area contributed by atoms with E-state index in [-0.39, 0.29) is 6.10 Å². The molecule has 1 atom stereocenters. The summed E-state index contributed by atoms with van der Waals surface area (Å²) in [5.74, 6) is 0. The summed E-state index contributed by atoms with van der Waals surface area (Å²) in [7, 11) is 1.69. The van der Waals surface area contributed by atoms with Crippen molar-refractivity contribution in [2.24, 2.45) is 0 Å². The Labute approximate surface area is 109 Å². The summed E-state index contributed by atoms with van der Waals surface area (Å²) in [6, 6.07) is 6.13. The smallest absolute Gasteiger partial charge is 0.170 e. The van der Waals surface area contributed by atoms with Gasteiger partial charge in [0.1, 0.15) is 0 Å². The van der Waals surface area contributed by atoms with Gasteiger partial charge in [0.25, 0.3) is 0 Å². The van der Waals surface area contributed by atoms with Gasteiger partial charge >= 0.3 is 0 Å². The molecule has 0 radical (unpaired) electrons. The zero-order chi connectivity index (χ0) is 12.8. The van der Waals surface area contributed by atoms with Crippen molar-refractivity contribution >= 4 is 23.0 Å². The van der Waals surface area contributed by atoms with Crippen LogP contribution >= 0.6 is 12.2 Å². The lowest BCUT2D eigenvalue weighted by Gasteiger charge is -2.15.